The molecule has 1 aromatic heterocycles. The smallest absolute Gasteiger partial charge is 0.320 e. The number of carbonyl (C=O) groups excluding carboxylic acids is 3. The normalized spacial score (nSPS) is 27.9. The van der Waals surface area contributed by atoms with Gasteiger partial charge in [-0.3, -0.25) is 19.1 Å². The van der Waals surface area contributed by atoms with Crippen molar-refractivity contribution in [3.05, 3.63) is 42.5 Å². The second kappa shape index (κ2) is 13.1. The summed E-state index contributed by atoms with van der Waals surface area (Å²) in [4.78, 5) is 51.8. The summed E-state index contributed by atoms with van der Waals surface area (Å²) in [7, 11) is 0.943. The number of rotatable bonds is 8. The van der Waals surface area contributed by atoms with Crippen LogP contribution in [0.25, 0.3) is 11.3 Å². The van der Waals surface area contributed by atoms with Crippen molar-refractivity contribution in [3.63, 3.8) is 0 Å². The van der Waals surface area contributed by atoms with E-state index in [1.807, 2.05) is 36.4 Å². The second-order valence-corrected chi connectivity index (χ2v) is 14.8. The minimum Gasteiger partial charge on any atom is -0.497 e. The number of benzene rings is 1. The highest BCUT2D eigenvalue weighted by Crippen LogP contribution is 2.47. The molecule has 0 unspecified atom stereocenters. The zero-order valence-corrected chi connectivity index (χ0v) is 27.6. The summed E-state index contributed by atoms with van der Waals surface area (Å²) in [5, 5.41) is 2.32. The predicted molar refractivity (Wildman–Crippen MR) is 171 cm³/mol. The first kappa shape index (κ1) is 32.7. The molecule has 3 fully saturated rings. The summed E-state index contributed by atoms with van der Waals surface area (Å²) in [6.45, 7) is 0.546. The Morgan fingerprint density at radius 2 is 1.85 bits per heavy atom. The summed E-state index contributed by atoms with van der Waals surface area (Å²) in [6, 6.07) is 9.11. The van der Waals surface area contributed by atoms with Crippen LogP contribution in [-0.2, 0) is 24.4 Å². The van der Waals surface area contributed by atoms with Crippen LogP contribution in [0.1, 0.15) is 51.4 Å². The average molecular weight is 668 g/mol. The van der Waals surface area contributed by atoms with Gasteiger partial charge < -0.3 is 24.4 Å². The van der Waals surface area contributed by atoms with E-state index in [2.05, 4.69) is 20.0 Å². The maximum absolute atomic E-state index is 14.0. The fourth-order valence-electron chi connectivity index (χ4n) is 6.55. The van der Waals surface area contributed by atoms with Crippen LogP contribution in [0.3, 0.4) is 0 Å². The van der Waals surface area contributed by atoms with Gasteiger partial charge in [0, 0.05) is 31.1 Å². The third-order valence-electron chi connectivity index (χ3n) is 9.51. The molecule has 252 valence electrons. The molecule has 1 aliphatic heterocycles. The van der Waals surface area contributed by atoms with Crippen molar-refractivity contribution in [2.75, 3.05) is 27.8 Å². The standard InChI is InChI=1S/C33H41N5O8S/c1-38-14-7-5-4-6-10-21-19-33(21,31(41)37-47(42,43)24-12-13-24)36-29(39)25-16-23(17-26(25)30(38)40)46-28-18-27(34-32(35-28)45-3)20-9-8-11-22(15-20)44-2/h6,8-11,15,18,21,23-26H,4-5,7,12-14,16-17,19H2,1-3H3,(H,36,39)(H,37,41)/t21-,23-,25-,26-,33-/m1/s1. The van der Waals surface area contributed by atoms with E-state index >= 15 is 0 Å². The van der Waals surface area contributed by atoms with E-state index < -0.39 is 50.6 Å². The van der Waals surface area contributed by atoms with Crippen LogP contribution >= 0.6 is 0 Å². The molecule has 3 aliphatic carbocycles. The van der Waals surface area contributed by atoms with E-state index in [1.165, 1.54) is 7.11 Å². The lowest BCUT2D eigenvalue weighted by Crippen LogP contribution is -2.54. The molecule has 0 saturated heterocycles. The van der Waals surface area contributed by atoms with E-state index in [4.69, 9.17) is 14.2 Å². The Bertz CT molecular complexity index is 1680. The van der Waals surface area contributed by atoms with Crippen LogP contribution in [0.4, 0.5) is 0 Å². The Morgan fingerprint density at radius 1 is 1.06 bits per heavy atom. The molecule has 47 heavy (non-hydrogen) atoms. The van der Waals surface area contributed by atoms with Crippen LogP contribution in [0.15, 0.2) is 42.5 Å². The maximum Gasteiger partial charge on any atom is 0.320 e. The minimum atomic E-state index is -3.82. The number of aromatic nitrogens is 2. The summed E-state index contributed by atoms with van der Waals surface area (Å²) in [6.07, 6.45) is 7.39. The molecule has 0 radical (unpaired) electrons. The van der Waals surface area contributed by atoms with Crippen molar-refractivity contribution < 1.29 is 37.0 Å². The molecule has 2 aromatic rings. The number of carbonyl (C=O) groups is 3. The van der Waals surface area contributed by atoms with Gasteiger partial charge in [0.2, 0.25) is 27.7 Å². The molecule has 4 aliphatic rings. The summed E-state index contributed by atoms with van der Waals surface area (Å²) >= 11 is 0. The average Bonchev–Trinajstić information content (AvgIpc) is 3.99. The van der Waals surface area contributed by atoms with Gasteiger partial charge >= 0.3 is 6.01 Å². The first-order valence-corrected chi connectivity index (χ1v) is 17.6. The quantitative estimate of drug-likeness (QED) is 0.400. The molecule has 1 aromatic carbocycles. The Morgan fingerprint density at radius 3 is 2.60 bits per heavy atom. The van der Waals surface area contributed by atoms with Crippen molar-refractivity contribution in [2.24, 2.45) is 17.8 Å². The largest absolute Gasteiger partial charge is 0.497 e. The van der Waals surface area contributed by atoms with Crippen molar-refractivity contribution in [2.45, 2.75) is 68.3 Å². The predicted octanol–water partition coefficient (Wildman–Crippen LogP) is 2.62. The number of fused-ring (bicyclic) bond motifs is 2. The molecular weight excluding hydrogens is 626 g/mol. The van der Waals surface area contributed by atoms with Gasteiger partial charge in [0.1, 0.15) is 17.4 Å². The first-order chi connectivity index (χ1) is 22.5. The number of nitrogens with one attached hydrogen (secondary N) is 2. The van der Waals surface area contributed by atoms with E-state index in [-0.39, 0.29) is 43.0 Å². The van der Waals surface area contributed by atoms with Crippen LogP contribution in [0.5, 0.6) is 17.6 Å². The zero-order valence-electron chi connectivity index (χ0n) is 26.8. The highest BCUT2D eigenvalue weighted by Gasteiger charge is 2.62. The number of amides is 3. The van der Waals surface area contributed by atoms with Gasteiger partial charge in [0.05, 0.1) is 37.0 Å². The maximum atomic E-state index is 14.0. The topological polar surface area (TPSA) is 166 Å². The van der Waals surface area contributed by atoms with Gasteiger partial charge in [-0.1, -0.05) is 24.3 Å². The van der Waals surface area contributed by atoms with Crippen LogP contribution < -0.4 is 24.2 Å². The molecule has 3 saturated carbocycles. The van der Waals surface area contributed by atoms with Crippen LogP contribution in [-0.4, -0.2) is 85.7 Å². The lowest BCUT2D eigenvalue weighted by Gasteiger charge is -2.26. The Balaban J connectivity index is 1.26. The van der Waals surface area contributed by atoms with Gasteiger partial charge in [-0.2, -0.15) is 9.97 Å². The molecule has 6 rings (SSSR count). The van der Waals surface area contributed by atoms with E-state index in [9.17, 15) is 22.8 Å². The first-order valence-electron chi connectivity index (χ1n) is 16.1. The minimum absolute atomic E-state index is 0.0902. The van der Waals surface area contributed by atoms with Crippen molar-refractivity contribution in [1.82, 2.24) is 24.9 Å². The number of sulfonamides is 1. The SMILES string of the molecule is COc1cccc(-c2cc(O[C@@H]3C[C@H]4C(=O)N[C@]5(C(=O)NS(=O)(=O)C6CC6)C[C@H]5C=CCCCCN(C)C(=O)[C@@H]4C3)nc(OC)n2)c1. The molecule has 2 N–H and O–H groups in total. The lowest BCUT2D eigenvalue weighted by atomic mass is 9.93. The third-order valence-corrected chi connectivity index (χ3v) is 11.3. The molecular formula is C33H41N5O8S. The zero-order chi connectivity index (χ0) is 33.3. The fourth-order valence-corrected chi connectivity index (χ4v) is 7.91. The van der Waals surface area contributed by atoms with Crippen molar-refractivity contribution >= 4 is 27.7 Å². The Kier molecular flexibility index (Phi) is 9.14. The molecule has 3 amide bonds. The van der Waals surface area contributed by atoms with E-state index in [0.29, 0.717) is 30.8 Å². The van der Waals surface area contributed by atoms with Gasteiger partial charge in [-0.05, 0) is 63.5 Å². The highest BCUT2D eigenvalue weighted by molar-refractivity contribution is 7.91. The molecule has 0 bridgehead atoms. The molecule has 2 heterocycles. The molecule has 0 spiro atoms. The molecule has 14 heteroatoms. The van der Waals surface area contributed by atoms with Crippen LogP contribution in [0.2, 0.25) is 0 Å². The fraction of sp³-hybridized carbons (Fsp3) is 0.545. The van der Waals surface area contributed by atoms with Crippen LogP contribution in [0, 0.1) is 17.8 Å². The molecule has 13 nitrogen and oxygen atoms in total. The summed E-state index contributed by atoms with van der Waals surface area (Å²) in [5.74, 6) is -2.39. The number of allylic oxidation sites excluding steroid dienone is 1. The third kappa shape index (κ3) is 7.07. The summed E-state index contributed by atoms with van der Waals surface area (Å²) < 4.78 is 44.6. The van der Waals surface area contributed by atoms with Gasteiger partial charge in [0.15, 0.2) is 0 Å². The van der Waals surface area contributed by atoms with Crippen molar-refractivity contribution in [3.8, 4) is 28.9 Å². The number of hydrogen-bond donors (Lipinski definition) is 2. The van der Waals surface area contributed by atoms with Gasteiger partial charge in [-0.25, -0.2) is 8.42 Å². The number of hydrogen-bond acceptors (Lipinski definition) is 10. The second-order valence-electron chi connectivity index (χ2n) is 12.9. The van der Waals surface area contributed by atoms with Gasteiger partial charge in [0.25, 0.3) is 5.91 Å². The van der Waals surface area contributed by atoms with E-state index in [0.717, 1.165) is 24.8 Å². The summed E-state index contributed by atoms with van der Waals surface area (Å²) in [5.41, 5.74) is -0.104. The van der Waals surface area contributed by atoms with Gasteiger partial charge in [-0.15, -0.1) is 0 Å². The number of nitrogens with zero attached hydrogens (tertiary/aromatic N) is 3. The molecule has 5 atom stereocenters. The Labute approximate surface area is 274 Å². The number of methoxy groups -OCH3 is 2. The van der Waals surface area contributed by atoms with E-state index in [1.54, 1.807) is 25.1 Å². The Hall–Kier alpha value is -4.20. The number of ether oxygens (including phenoxy) is 3. The lowest BCUT2D eigenvalue weighted by molar-refractivity contribution is -0.140. The monoisotopic (exact) mass is 667 g/mol. The van der Waals surface area contributed by atoms with Crippen molar-refractivity contribution in [1.29, 1.82) is 0 Å². The highest BCUT2D eigenvalue weighted by atomic mass is 32.2.